The van der Waals surface area contributed by atoms with Crippen LogP contribution in [0.15, 0.2) is 54.6 Å². The third-order valence-electron chi connectivity index (χ3n) is 4.40. The molecule has 1 fully saturated rings. The minimum Gasteiger partial charge on any atom is -0.497 e. The Hall–Kier alpha value is -2.73. The van der Waals surface area contributed by atoms with Gasteiger partial charge in [0.25, 0.3) is 0 Å². The van der Waals surface area contributed by atoms with Crippen molar-refractivity contribution < 1.29 is 14.3 Å². The van der Waals surface area contributed by atoms with Crippen LogP contribution < -0.4 is 14.8 Å². The second kappa shape index (κ2) is 9.10. The van der Waals surface area contributed by atoms with Crippen molar-refractivity contribution in [2.24, 2.45) is 0 Å². The van der Waals surface area contributed by atoms with E-state index < -0.39 is 0 Å². The number of piperazine rings is 1. The summed E-state index contributed by atoms with van der Waals surface area (Å²) in [6.45, 7) is 4.63. The van der Waals surface area contributed by atoms with E-state index in [4.69, 9.17) is 9.47 Å². The maximum atomic E-state index is 12.4. The highest BCUT2D eigenvalue weighted by molar-refractivity contribution is 5.89. The number of methoxy groups -OCH3 is 1. The van der Waals surface area contributed by atoms with Crippen molar-refractivity contribution >= 4 is 11.7 Å². The van der Waals surface area contributed by atoms with Crippen LogP contribution in [0.1, 0.15) is 0 Å². The van der Waals surface area contributed by atoms with Crippen molar-refractivity contribution in [3.63, 3.8) is 0 Å². The van der Waals surface area contributed by atoms with E-state index >= 15 is 0 Å². The van der Waals surface area contributed by atoms with Gasteiger partial charge < -0.3 is 19.7 Å². The summed E-state index contributed by atoms with van der Waals surface area (Å²) in [5.74, 6) is 1.62. The van der Waals surface area contributed by atoms with E-state index in [0.717, 1.165) is 36.8 Å². The number of anilines is 1. The molecule has 1 heterocycles. The quantitative estimate of drug-likeness (QED) is 0.866. The Balaban J connectivity index is 1.39. The van der Waals surface area contributed by atoms with Crippen LogP contribution in [-0.4, -0.2) is 62.3 Å². The lowest BCUT2D eigenvalue weighted by Crippen LogP contribution is -2.50. The summed E-state index contributed by atoms with van der Waals surface area (Å²) in [6.07, 6.45) is 0. The standard InChI is InChI=1S/C20H25N3O3/c1-25-19-9-5-6-17(16-19)21-20(24)23-12-10-22(11-13-23)14-15-26-18-7-3-2-4-8-18/h2-9,16H,10-15H2,1H3,(H,21,24). The van der Waals surface area contributed by atoms with Crippen molar-refractivity contribution in [1.29, 1.82) is 0 Å². The first-order chi connectivity index (χ1) is 12.7. The third kappa shape index (κ3) is 5.13. The monoisotopic (exact) mass is 355 g/mol. The highest BCUT2D eigenvalue weighted by atomic mass is 16.5. The topological polar surface area (TPSA) is 54.0 Å². The highest BCUT2D eigenvalue weighted by Crippen LogP contribution is 2.17. The average Bonchev–Trinajstić information content (AvgIpc) is 2.69. The van der Waals surface area contributed by atoms with Crippen LogP contribution in [0.25, 0.3) is 0 Å². The normalized spacial score (nSPS) is 14.7. The average molecular weight is 355 g/mol. The number of hydrogen-bond donors (Lipinski definition) is 1. The van der Waals surface area contributed by atoms with E-state index in [0.29, 0.717) is 19.7 Å². The predicted octanol–water partition coefficient (Wildman–Crippen LogP) is 2.92. The minimum absolute atomic E-state index is 0.0709. The van der Waals surface area contributed by atoms with Crippen molar-refractivity contribution in [1.82, 2.24) is 9.80 Å². The summed E-state index contributed by atoms with van der Waals surface area (Å²) in [4.78, 5) is 16.6. The molecule has 138 valence electrons. The van der Waals surface area contributed by atoms with E-state index in [-0.39, 0.29) is 6.03 Å². The fraction of sp³-hybridized carbons (Fsp3) is 0.350. The Kier molecular flexibility index (Phi) is 6.33. The first-order valence-electron chi connectivity index (χ1n) is 8.85. The second-order valence-corrected chi connectivity index (χ2v) is 6.15. The second-order valence-electron chi connectivity index (χ2n) is 6.15. The molecule has 1 saturated heterocycles. The van der Waals surface area contributed by atoms with E-state index in [2.05, 4.69) is 10.2 Å². The Labute approximate surface area is 154 Å². The van der Waals surface area contributed by atoms with Crippen LogP contribution in [0.5, 0.6) is 11.5 Å². The summed E-state index contributed by atoms with van der Waals surface area (Å²) in [5.41, 5.74) is 0.744. The number of rotatable bonds is 6. The first kappa shape index (κ1) is 18.1. The molecule has 3 rings (SSSR count). The fourth-order valence-corrected chi connectivity index (χ4v) is 2.89. The van der Waals surface area contributed by atoms with Crippen LogP contribution in [-0.2, 0) is 0 Å². The number of para-hydroxylation sites is 1. The minimum atomic E-state index is -0.0709. The molecule has 1 aliphatic rings. The van der Waals surface area contributed by atoms with Crippen LogP contribution in [0, 0.1) is 0 Å². The maximum Gasteiger partial charge on any atom is 0.321 e. The third-order valence-corrected chi connectivity index (χ3v) is 4.40. The summed E-state index contributed by atoms with van der Waals surface area (Å²) < 4.78 is 10.9. The molecular formula is C20H25N3O3. The Morgan fingerprint density at radius 1 is 1.00 bits per heavy atom. The Bertz CT molecular complexity index is 700. The number of hydrogen-bond acceptors (Lipinski definition) is 4. The zero-order chi connectivity index (χ0) is 18.2. The number of nitrogens with zero attached hydrogens (tertiary/aromatic N) is 2. The van der Waals surface area contributed by atoms with Crippen molar-refractivity contribution in [2.45, 2.75) is 0 Å². The van der Waals surface area contributed by atoms with Gasteiger partial charge in [-0.2, -0.15) is 0 Å². The zero-order valence-corrected chi connectivity index (χ0v) is 15.1. The van der Waals surface area contributed by atoms with Crippen LogP contribution in [0.3, 0.4) is 0 Å². The van der Waals surface area contributed by atoms with Gasteiger partial charge >= 0.3 is 6.03 Å². The molecule has 2 aromatic carbocycles. The van der Waals surface area contributed by atoms with E-state index in [1.54, 1.807) is 7.11 Å². The van der Waals surface area contributed by atoms with Gasteiger partial charge in [0, 0.05) is 44.5 Å². The van der Waals surface area contributed by atoms with Crippen molar-refractivity contribution in [2.75, 3.05) is 51.8 Å². The van der Waals surface area contributed by atoms with Crippen LogP contribution >= 0.6 is 0 Å². The summed E-state index contributed by atoms with van der Waals surface area (Å²) in [7, 11) is 1.61. The van der Waals surface area contributed by atoms with Crippen molar-refractivity contribution in [3.05, 3.63) is 54.6 Å². The van der Waals surface area contributed by atoms with Gasteiger partial charge in [0.1, 0.15) is 18.1 Å². The van der Waals surface area contributed by atoms with E-state index in [9.17, 15) is 4.79 Å². The molecule has 0 saturated carbocycles. The van der Waals surface area contributed by atoms with Crippen LogP contribution in [0.4, 0.5) is 10.5 Å². The lowest BCUT2D eigenvalue weighted by molar-refractivity contribution is 0.132. The Morgan fingerprint density at radius 2 is 1.73 bits per heavy atom. The van der Waals surface area contributed by atoms with Crippen molar-refractivity contribution in [3.8, 4) is 11.5 Å². The molecule has 0 bridgehead atoms. The molecule has 2 aromatic rings. The molecule has 0 spiro atoms. The predicted molar refractivity (Wildman–Crippen MR) is 102 cm³/mol. The highest BCUT2D eigenvalue weighted by Gasteiger charge is 2.21. The number of carbonyl (C=O) groups is 1. The van der Waals surface area contributed by atoms with Gasteiger partial charge in [-0.25, -0.2) is 4.79 Å². The van der Waals surface area contributed by atoms with Crippen LogP contribution in [0.2, 0.25) is 0 Å². The number of carbonyl (C=O) groups excluding carboxylic acids is 1. The lowest BCUT2D eigenvalue weighted by atomic mass is 10.3. The van der Waals surface area contributed by atoms with E-state index in [1.165, 1.54) is 0 Å². The molecule has 1 N–H and O–H groups in total. The van der Waals surface area contributed by atoms with E-state index in [1.807, 2.05) is 59.5 Å². The fourth-order valence-electron chi connectivity index (χ4n) is 2.89. The number of benzene rings is 2. The molecule has 0 aromatic heterocycles. The summed E-state index contributed by atoms with van der Waals surface area (Å²) in [6, 6.07) is 17.1. The van der Waals surface area contributed by atoms with Gasteiger partial charge in [0.2, 0.25) is 0 Å². The molecule has 6 heteroatoms. The molecule has 26 heavy (non-hydrogen) atoms. The lowest BCUT2D eigenvalue weighted by Gasteiger charge is -2.34. The molecular weight excluding hydrogens is 330 g/mol. The summed E-state index contributed by atoms with van der Waals surface area (Å²) in [5, 5.41) is 2.93. The number of ether oxygens (including phenoxy) is 2. The number of nitrogens with one attached hydrogen (secondary N) is 1. The molecule has 1 aliphatic heterocycles. The van der Waals surface area contributed by atoms with Gasteiger partial charge in [0.05, 0.1) is 7.11 Å². The number of amides is 2. The van der Waals surface area contributed by atoms with Gasteiger partial charge in [0.15, 0.2) is 0 Å². The largest absolute Gasteiger partial charge is 0.497 e. The summed E-state index contributed by atoms with van der Waals surface area (Å²) >= 11 is 0. The van der Waals surface area contributed by atoms with Gasteiger partial charge in [-0.15, -0.1) is 0 Å². The SMILES string of the molecule is COc1cccc(NC(=O)N2CCN(CCOc3ccccc3)CC2)c1. The maximum absolute atomic E-state index is 12.4. The smallest absolute Gasteiger partial charge is 0.321 e. The zero-order valence-electron chi connectivity index (χ0n) is 15.1. The van der Waals surface area contributed by atoms with Gasteiger partial charge in [-0.3, -0.25) is 4.90 Å². The first-order valence-corrected chi connectivity index (χ1v) is 8.85. The Morgan fingerprint density at radius 3 is 2.46 bits per heavy atom. The molecule has 2 amide bonds. The number of urea groups is 1. The molecule has 0 aliphatic carbocycles. The molecule has 0 radical (unpaired) electrons. The molecule has 0 atom stereocenters. The molecule has 6 nitrogen and oxygen atoms in total. The van der Waals surface area contributed by atoms with Gasteiger partial charge in [-0.1, -0.05) is 24.3 Å². The molecule has 0 unspecified atom stereocenters. The van der Waals surface area contributed by atoms with Gasteiger partial charge in [-0.05, 0) is 24.3 Å².